The van der Waals surface area contributed by atoms with E-state index in [1.54, 1.807) is 43.4 Å². The molecule has 21 heavy (non-hydrogen) atoms. The van der Waals surface area contributed by atoms with Crippen LogP contribution in [0.3, 0.4) is 0 Å². The largest absolute Gasteiger partial charge is 0.494 e. The summed E-state index contributed by atoms with van der Waals surface area (Å²) < 4.78 is 18.5. The fourth-order valence-corrected chi connectivity index (χ4v) is 2.21. The first kappa shape index (κ1) is 15.3. The Kier molecular flexibility index (Phi) is 4.81. The smallest absolute Gasteiger partial charge is 0.255 e. The van der Waals surface area contributed by atoms with Gasteiger partial charge in [-0.2, -0.15) is 0 Å². The summed E-state index contributed by atoms with van der Waals surface area (Å²) >= 11 is 6.01. The van der Waals surface area contributed by atoms with E-state index in [1.165, 1.54) is 18.1 Å². The summed E-state index contributed by atoms with van der Waals surface area (Å²) in [5.74, 6) is -0.482. The van der Waals surface area contributed by atoms with Crippen molar-refractivity contribution >= 4 is 17.5 Å². The highest BCUT2D eigenvalue weighted by Crippen LogP contribution is 2.20. The van der Waals surface area contributed by atoms with Gasteiger partial charge >= 0.3 is 0 Å². The lowest BCUT2D eigenvalue weighted by Crippen LogP contribution is -2.26. The normalized spacial score (nSPS) is 10.3. The topological polar surface area (TPSA) is 29.5 Å². The molecule has 0 unspecified atom stereocenters. The number of amides is 1. The molecular formula is C16H15ClFNO2. The lowest BCUT2D eigenvalue weighted by Gasteiger charge is -2.18. The molecule has 0 aliphatic heterocycles. The quantitative estimate of drug-likeness (QED) is 0.860. The highest BCUT2D eigenvalue weighted by molar-refractivity contribution is 6.33. The number of nitrogens with zero attached hydrogens (tertiary/aromatic N) is 1. The molecule has 110 valence electrons. The molecule has 3 nitrogen and oxygen atoms in total. The SMILES string of the molecule is COc1ccc(CN(C)C(=O)c2ccccc2Cl)cc1F. The minimum Gasteiger partial charge on any atom is -0.494 e. The molecule has 0 saturated heterocycles. The minimum atomic E-state index is -0.450. The maximum absolute atomic E-state index is 13.6. The summed E-state index contributed by atoms with van der Waals surface area (Å²) in [6, 6.07) is 11.5. The predicted molar refractivity (Wildman–Crippen MR) is 80.2 cm³/mol. The molecule has 2 aromatic rings. The Morgan fingerprint density at radius 2 is 2.00 bits per heavy atom. The molecule has 0 radical (unpaired) electrons. The van der Waals surface area contributed by atoms with E-state index in [0.717, 1.165) is 0 Å². The first-order valence-electron chi connectivity index (χ1n) is 6.35. The molecule has 0 spiro atoms. The van der Waals surface area contributed by atoms with Crippen LogP contribution in [0.4, 0.5) is 4.39 Å². The number of hydrogen-bond acceptors (Lipinski definition) is 2. The zero-order valence-electron chi connectivity index (χ0n) is 11.8. The average Bonchev–Trinajstić information content (AvgIpc) is 2.47. The van der Waals surface area contributed by atoms with Crippen LogP contribution in [0.1, 0.15) is 15.9 Å². The van der Waals surface area contributed by atoms with Crippen LogP contribution in [-0.4, -0.2) is 25.0 Å². The Morgan fingerprint density at radius 3 is 2.62 bits per heavy atom. The van der Waals surface area contributed by atoms with Crippen LogP contribution in [-0.2, 0) is 6.54 Å². The maximum atomic E-state index is 13.6. The van der Waals surface area contributed by atoms with Crippen molar-refractivity contribution in [2.45, 2.75) is 6.54 Å². The molecule has 0 aliphatic rings. The third kappa shape index (κ3) is 3.52. The fraction of sp³-hybridized carbons (Fsp3) is 0.188. The van der Waals surface area contributed by atoms with E-state index in [4.69, 9.17) is 16.3 Å². The van der Waals surface area contributed by atoms with Gasteiger partial charge in [-0.25, -0.2) is 4.39 Å². The number of ether oxygens (including phenoxy) is 1. The molecule has 0 atom stereocenters. The van der Waals surface area contributed by atoms with E-state index in [9.17, 15) is 9.18 Å². The second-order valence-corrected chi connectivity index (χ2v) is 5.02. The zero-order valence-corrected chi connectivity index (χ0v) is 12.5. The summed E-state index contributed by atoms with van der Waals surface area (Å²) in [5, 5.41) is 0.398. The van der Waals surface area contributed by atoms with Crippen molar-refractivity contribution in [1.82, 2.24) is 4.90 Å². The highest BCUT2D eigenvalue weighted by atomic mass is 35.5. The lowest BCUT2D eigenvalue weighted by atomic mass is 10.1. The van der Waals surface area contributed by atoms with Gasteiger partial charge in [0, 0.05) is 13.6 Å². The van der Waals surface area contributed by atoms with Crippen molar-refractivity contribution < 1.29 is 13.9 Å². The number of benzene rings is 2. The third-order valence-corrected chi connectivity index (χ3v) is 3.42. The van der Waals surface area contributed by atoms with Crippen LogP contribution >= 0.6 is 11.6 Å². The molecule has 0 saturated carbocycles. The van der Waals surface area contributed by atoms with Gasteiger partial charge in [0.15, 0.2) is 11.6 Å². The van der Waals surface area contributed by atoms with Crippen LogP contribution in [0.25, 0.3) is 0 Å². The van der Waals surface area contributed by atoms with E-state index in [1.807, 2.05) is 0 Å². The summed E-state index contributed by atoms with van der Waals surface area (Å²) in [5.41, 5.74) is 1.10. The van der Waals surface area contributed by atoms with Gasteiger partial charge in [-0.15, -0.1) is 0 Å². The molecule has 5 heteroatoms. The Labute approximate surface area is 127 Å². The first-order chi connectivity index (χ1) is 10.0. The zero-order chi connectivity index (χ0) is 15.4. The molecule has 2 aromatic carbocycles. The van der Waals surface area contributed by atoms with Crippen molar-refractivity contribution in [3.05, 3.63) is 64.4 Å². The summed E-state index contributed by atoms with van der Waals surface area (Å²) in [6.07, 6.45) is 0. The number of methoxy groups -OCH3 is 1. The number of carbonyl (C=O) groups is 1. The second kappa shape index (κ2) is 6.59. The van der Waals surface area contributed by atoms with Gasteiger partial charge in [0.05, 0.1) is 17.7 Å². The molecule has 1 amide bonds. The Bertz CT molecular complexity index is 660. The lowest BCUT2D eigenvalue weighted by molar-refractivity contribution is 0.0785. The van der Waals surface area contributed by atoms with E-state index >= 15 is 0 Å². The summed E-state index contributed by atoms with van der Waals surface area (Å²) in [6.45, 7) is 0.283. The van der Waals surface area contributed by atoms with Gasteiger partial charge < -0.3 is 9.64 Å². The van der Waals surface area contributed by atoms with Crippen molar-refractivity contribution in [1.29, 1.82) is 0 Å². The van der Waals surface area contributed by atoms with Crippen LogP contribution in [0.2, 0.25) is 5.02 Å². The van der Waals surface area contributed by atoms with Gasteiger partial charge in [0.1, 0.15) is 0 Å². The average molecular weight is 308 g/mol. The monoisotopic (exact) mass is 307 g/mol. The minimum absolute atomic E-state index is 0.179. The number of carbonyl (C=O) groups excluding carboxylic acids is 1. The highest BCUT2D eigenvalue weighted by Gasteiger charge is 2.15. The van der Waals surface area contributed by atoms with Crippen LogP contribution in [0, 0.1) is 5.82 Å². The van der Waals surface area contributed by atoms with Gasteiger partial charge in [-0.05, 0) is 29.8 Å². The molecule has 2 rings (SSSR count). The standard InChI is InChI=1S/C16H15ClFNO2/c1-19(16(20)12-5-3-4-6-13(12)17)10-11-7-8-15(21-2)14(18)9-11/h3-9H,10H2,1-2H3. The van der Waals surface area contributed by atoms with Crippen LogP contribution in [0.5, 0.6) is 5.75 Å². The Morgan fingerprint density at radius 1 is 1.29 bits per heavy atom. The van der Waals surface area contributed by atoms with Gasteiger partial charge in [0.2, 0.25) is 0 Å². The van der Waals surface area contributed by atoms with E-state index in [0.29, 0.717) is 16.1 Å². The number of halogens is 2. The van der Waals surface area contributed by atoms with Crippen LogP contribution in [0.15, 0.2) is 42.5 Å². The molecular weight excluding hydrogens is 293 g/mol. The summed E-state index contributed by atoms with van der Waals surface area (Å²) in [7, 11) is 3.05. The molecule has 0 N–H and O–H groups in total. The van der Waals surface area contributed by atoms with Gasteiger partial charge in [0.25, 0.3) is 5.91 Å². The van der Waals surface area contributed by atoms with Crippen LogP contribution < -0.4 is 4.74 Å². The van der Waals surface area contributed by atoms with E-state index in [2.05, 4.69) is 0 Å². The first-order valence-corrected chi connectivity index (χ1v) is 6.73. The predicted octanol–water partition coefficient (Wildman–Crippen LogP) is 3.76. The van der Waals surface area contributed by atoms with Crippen molar-refractivity contribution in [3.63, 3.8) is 0 Å². The van der Waals surface area contributed by atoms with Crippen molar-refractivity contribution in [2.75, 3.05) is 14.2 Å². The van der Waals surface area contributed by atoms with E-state index in [-0.39, 0.29) is 18.2 Å². The number of rotatable bonds is 4. The molecule has 0 aliphatic carbocycles. The van der Waals surface area contributed by atoms with Crippen molar-refractivity contribution in [3.8, 4) is 5.75 Å². The molecule has 0 fully saturated rings. The molecule has 0 aromatic heterocycles. The summed E-state index contributed by atoms with van der Waals surface area (Å²) in [4.78, 5) is 13.8. The fourth-order valence-electron chi connectivity index (χ4n) is 1.99. The maximum Gasteiger partial charge on any atom is 0.255 e. The molecule has 0 bridgehead atoms. The van der Waals surface area contributed by atoms with Crippen molar-refractivity contribution in [2.24, 2.45) is 0 Å². The van der Waals surface area contributed by atoms with Gasteiger partial charge in [-0.3, -0.25) is 4.79 Å². The van der Waals surface area contributed by atoms with E-state index < -0.39 is 5.82 Å². The molecule has 0 heterocycles. The second-order valence-electron chi connectivity index (χ2n) is 4.61. The Balaban J connectivity index is 2.14. The Hall–Kier alpha value is -2.07. The van der Waals surface area contributed by atoms with Gasteiger partial charge in [-0.1, -0.05) is 29.8 Å². The third-order valence-electron chi connectivity index (χ3n) is 3.09. The number of hydrogen-bond donors (Lipinski definition) is 0.